The first kappa shape index (κ1) is 17.8. The van der Waals surface area contributed by atoms with Crippen LogP contribution in [0.5, 0.6) is 0 Å². The van der Waals surface area contributed by atoms with Crippen molar-refractivity contribution in [2.45, 2.75) is 36.8 Å². The molecule has 8 heteroatoms. The summed E-state index contributed by atoms with van der Waals surface area (Å²) in [4.78, 5) is -0.774. The summed E-state index contributed by atoms with van der Waals surface area (Å²) < 4.78 is 65.0. The molecule has 0 fully saturated rings. The second kappa shape index (κ2) is 6.23. The molecule has 120 valence electrons. The van der Waals surface area contributed by atoms with E-state index in [9.17, 15) is 21.6 Å². The van der Waals surface area contributed by atoms with Crippen molar-refractivity contribution in [3.8, 4) is 0 Å². The van der Waals surface area contributed by atoms with E-state index in [1.807, 2.05) is 20.8 Å². The Hall–Kier alpha value is -1.28. The van der Waals surface area contributed by atoms with Gasteiger partial charge in [-0.15, -0.1) is 0 Å². The minimum atomic E-state index is -5.30. The third kappa shape index (κ3) is 4.60. The topological polar surface area (TPSA) is 55.4 Å². The van der Waals surface area contributed by atoms with Crippen LogP contribution in [0.25, 0.3) is 0 Å². The summed E-state index contributed by atoms with van der Waals surface area (Å²) in [5.74, 6) is 0. The molecule has 1 aromatic rings. The van der Waals surface area contributed by atoms with E-state index in [1.165, 1.54) is 12.1 Å². The molecule has 1 rings (SSSR count). The van der Waals surface area contributed by atoms with Crippen LogP contribution in [0, 0.1) is 0 Å². The Morgan fingerprint density at radius 2 is 1.67 bits per heavy atom. The Labute approximate surface area is 122 Å². The predicted octanol–water partition coefficient (Wildman–Crippen LogP) is 3.21. The molecule has 0 atom stereocenters. The number of hydrogen-bond acceptors (Lipinski definition) is 4. The molecule has 0 unspecified atom stereocenters. The van der Waals surface area contributed by atoms with E-state index in [1.54, 1.807) is 0 Å². The highest BCUT2D eigenvalue weighted by Crippen LogP contribution is 2.30. The van der Waals surface area contributed by atoms with Gasteiger partial charge in [0.25, 0.3) is 9.84 Å². The fourth-order valence-electron chi connectivity index (χ4n) is 1.64. The van der Waals surface area contributed by atoms with E-state index in [4.69, 9.17) is 4.74 Å². The lowest BCUT2D eigenvalue weighted by Gasteiger charge is -2.25. The largest absolute Gasteiger partial charge is 0.501 e. The first-order valence-electron chi connectivity index (χ1n) is 6.29. The van der Waals surface area contributed by atoms with Crippen molar-refractivity contribution >= 4 is 15.5 Å². The number of hydrogen-bond donors (Lipinski definition) is 1. The van der Waals surface area contributed by atoms with Crippen LogP contribution in [0.2, 0.25) is 0 Å². The van der Waals surface area contributed by atoms with Gasteiger partial charge in [0.2, 0.25) is 0 Å². The zero-order valence-electron chi connectivity index (χ0n) is 12.0. The molecule has 0 bridgehead atoms. The van der Waals surface area contributed by atoms with E-state index in [-0.39, 0.29) is 0 Å². The van der Waals surface area contributed by atoms with Crippen molar-refractivity contribution in [1.82, 2.24) is 0 Å². The first-order valence-corrected chi connectivity index (χ1v) is 7.77. The number of halogens is 3. The number of rotatable bonds is 6. The molecule has 0 spiro atoms. The van der Waals surface area contributed by atoms with Gasteiger partial charge in [-0.1, -0.05) is 0 Å². The van der Waals surface area contributed by atoms with Gasteiger partial charge in [-0.05, 0) is 45.0 Å². The van der Waals surface area contributed by atoms with Gasteiger partial charge in [0.05, 0.1) is 10.5 Å². The molecule has 0 heterocycles. The normalized spacial score (nSPS) is 13.2. The minimum Gasteiger partial charge on any atom is -0.382 e. The Morgan fingerprint density at radius 3 is 2.10 bits per heavy atom. The molecule has 0 amide bonds. The lowest BCUT2D eigenvalue weighted by Crippen LogP contribution is -2.33. The highest BCUT2D eigenvalue weighted by molar-refractivity contribution is 7.92. The number of benzene rings is 1. The van der Waals surface area contributed by atoms with E-state index < -0.39 is 25.8 Å². The molecular weight excluding hydrogens is 307 g/mol. The van der Waals surface area contributed by atoms with Crippen molar-refractivity contribution in [2.75, 3.05) is 18.5 Å². The van der Waals surface area contributed by atoms with Crippen LogP contribution in [-0.4, -0.2) is 32.7 Å². The summed E-state index contributed by atoms with van der Waals surface area (Å²) in [6.07, 6.45) is 0. The third-order valence-electron chi connectivity index (χ3n) is 2.72. The molecule has 4 nitrogen and oxygen atoms in total. The standard InChI is InChI=1S/C13H18F3NO3S/c1-4-20-12(2,3)9-17-10-5-7-11(8-6-10)21(18,19)13(14,15)16/h5-8,17H,4,9H2,1-3H3. The molecule has 0 saturated heterocycles. The Balaban J connectivity index is 2.81. The summed E-state index contributed by atoms with van der Waals surface area (Å²) in [5.41, 5.74) is -5.21. The molecule has 0 radical (unpaired) electrons. The zero-order chi connectivity index (χ0) is 16.3. The maximum absolute atomic E-state index is 12.4. The molecule has 0 aliphatic rings. The zero-order valence-corrected chi connectivity index (χ0v) is 12.8. The van der Waals surface area contributed by atoms with Gasteiger partial charge in [0, 0.05) is 18.8 Å². The van der Waals surface area contributed by atoms with Crippen LogP contribution >= 0.6 is 0 Å². The molecule has 0 aromatic heterocycles. The fraction of sp³-hybridized carbons (Fsp3) is 0.538. The summed E-state index contributed by atoms with van der Waals surface area (Å²) in [6.45, 7) is 6.57. The van der Waals surface area contributed by atoms with Crippen molar-refractivity contribution in [3.05, 3.63) is 24.3 Å². The number of anilines is 1. The summed E-state index contributed by atoms with van der Waals surface area (Å²) in [5, 5.41) is 2.99. The van der Waals surface area contributed by atoms with Gasteiger partial charge in [0.1, 0.15) is 0 Å². The molecule has 0 aliphatic carbocycles. The number of nitrogens with one attached hydrogen (secondary N) is 1. The lowest BCUT2D eigenvalue weighted by molar-refractivity contribution is -0.0436. The maximum Gasteiger partial charge on any atom is 0.501 e. The van der Waals surface area contributed by atoms with Crippen LogP contribution < -0.4 is 5.32 Å². The highest BCUT2D eigenvalue weighted by atomic mass is 32.2. The van der Waals surface area contributed by atoms with E-state index >= 15 is 0 Å². The van der Waals surface area contributed by atoms with Gasteiger partial charge >= 0.3 is 5.51 Å². The molecule has 0 aliphatic heterocycles. The van der Waals surface area contributed by atoms with Gasteiger partial charge in [-0.3, -0.25) is 0 Å². The second-order valence-corrected chi connectivity index (χ2v) is 6.96. The summed E-state index contributed by atoms with van der Waals surface area (Å²) >= 11 is 0. The predicted molar refractivity (Wildman–Crippen MR) is 73.9 cm³/mol. The minimum absolute atomic E-state index is 0.437. The van der Waals surface area contributed by atoms with Crippen LogP contribution in [0.3, 0.4) is 0 Å². The van der Waals surface area contributed by atoms with Crippen LogP contribution in [-0.2, 0) is 14.6 Å². The SMILES string of the molecule is CCOC(C)(C)CNc1ccc(S(=O)(=O)C(F)(F)F)cc1. The molecular formula is C13H18F3NO3S. The third-order valence-corrected chi connectivity index (χ3v) is 4.22. The maximum atomic E-state index is 12.4. The van der Waals surface area contributed by atoms with Crippen molar-refractivity contribution in [1.29, 1.82) is 0 Å². The second-order valence-electron chi connectivity index (χ2n) is 5.02. The van der Waals surface area contributed by atoms with Gasteiger partial charge in [-0.25, -0.2) is 8.42 Å². The van der Waals surface area contributed by atoms with E-state index in [0.717, 1.165) is 12.1 Å². The average molecular weight is 325 g/mol. The first-order chi connectivity index (χ1) is 9.49. The quantitative estimate of drug-likeness (QED) is 0.872. The smallest absolute Gasteiger partial charge is 0.382 e. The van der Waals surface area contributed by atoms with Crippen molar-refractivity contribution < 1.29 is 26.3 Å². The monoisotopic (exact) mass is 325 g/mol. The molecule has 1 N–H and O–H groups in total. The summed E-state index contributed by atoms with van der Waals surface area (Å²) in [6, 6.07) is 4.44. The van der Waals surface area contributed by atoms with Crippen LogP contribution in [0.15, 0.2) is 29.2 Å². The molecule has 21 heavy (non-hydrogen) atoms. The number of sulfone groups is 1. The Morgan fingerprint density at radius 1 is 1.14 bits per heavy atom. The average Bonchev–Trinajstić information content (AvgIpc) is 2.35. The fourth-order valence-corrected chi connectivity index (χ4v) is 2.40. The van der Waals surface area contributed by atoms with Gasteiger partial charge in [0.15, 0.2) is 0 Å². The number of ether oxygens (including phenoxy) is 1. The molecule has 0 saturated carbocycles. The lowest BCUT2D eigenvalue weighted by atomic mass is 10.1. The van der Waals surface area contributed by atoms with E-state index in [2.05, 4.69) is 5.32 Å². The van der Waals surface area contributed by atoms with Gasteiger partial charge in [-0.2, -0.15) is 13.2 Å². The van der Waals surface area contributed by atoms with Crippen LogP contribution in [0.4, 0.5) is 18.9 Å². The summed E-state index contributed by atoms with van der Waals surface area (Å²) in [7, 11) is -5.30. The Bertz CT molecular complexity index is 565. The van der Waals surface area contributed by atoms with E-state index in [0.29, 0.717) is 18.8 Å². The van der Waals surface area contributed by atoms with Crippen molar-refractivity contribution in [3.63, 3.8) is 0 Å². The van der Waals surface area contributed by atoms with Gasteiger partial charge < -0.3 is 10.1 Å². The number of alkyl halides is 3. The Kier molecular flexibility index (Phi) is 5.27. The molecule has 1 aromatic carbocycles. The van der Waals surface area contributed by atoms with Crippen molar-refractivity contribution in [2.24, 2.45) is 0 Å². The van der Waals surface area contributed by atoms with Crippen LogP contribution in [0.1, 0.15) is 20.8 Å². The highest BCUT2D eigenvalue weighted by Gasteiger charge is 2.46.